The van der Waals surface area contributed by atoms with Crippen molar-refractivity contribution in [3.8, 4) is 0 Å². The van der Waals surface area contributed by atoms with Crippen molar-refractivity contribution in [1.29, 1.82) is 0 Å². The molecule has 0 bridgehead atoms. The molecule has 1 N–H and O–H groups in total. The highest BCUT2D eigenvalue weighted by Gasteiger charge is 2.32. The predicted molar refractivity (Wildman–Crippen MR) is 60.4 cm³/mol. The van der Waals surface area contributed by atoms with Gasteiger partial charge in [-0.25, -0.2) is 0 Å². The Kier molecular flexibility index (Phi) is 4.17. The lowest BCUT2D eigenvalue weighted by Crippen LogP contribution is -2.26. The van der Waals surface area contributed by atoms with Crippen LogP contribution in [0.5, 0.6) is 0 Å². The summed E-state index contributed by atoms with van der Waals surface area (Å²) in [6.45, 7) is 0. The van der Waals surface area contributed by atoms with Crippen LogP contribution in [0.15, 0.2) is 24.3 Å². The first-order chi connectivity index (χ1) is 7.60. The van der Waals surface area contributed by atoms with Gasteiger partial charge in [-0.3, -0.25) is 4.79 Å². The first kappa shape index (κ1) is 14.4. The highest BCUT2D eigenvalue weighted by molar-refractivity contribution is 6.76. The van der Waals surface area contributed by atoms with Gasteiger partial charge in [-0.1, -0.05) is 34.8 Å². The Morgan fingerprint density at radius 1 is 1.06 bits per heavy atom. The summed E-state index contributed by atoms with van der Waals surface area (Å²) in [5.74, 6) is -0.942. The van der Waals surface area contributed by atoms with Crippen LogP contribution in [0, 0.1) is 0 Å². The molecular formula is C9H5Cl3F3NO. The van der Waals surface area contributed by atoms with E-state index in [1.807, 2.05) is 0 Å². The first-order valence-corrected chi connectivity index (χ1v) is 5.29. The molecule has 1 aromatic carbocycles. The second kappa shape index (κ2) is 4.92. The van der Waals surface area contributed by atoms with E-state index in [0.717, 1.165) is 24.3 Å². The SMILES string of the molecule is O=C(Nc1ccc(C(F)(F)F)cc1)C(Cl)(Cl)Cl. The lowest BCUT2D eigenvalue weighted by molar-refractivity contribution is -0.137. The molecule has 0 spiro atoms. The highest BCUT2D eigenvalue weighted by Crippen LogP contribution is 2.31. The van der Waals surface area contributed by atoms with Gasteiger partial charge in [0.05, 0.1) is 5.56 Å². The van der Waals surface area contributed by atoms with Crippen molar-refractivity contribution >= 4 is 46.4 Å². The van der Waals surface area contributed by atoms with E-state index in [1.165, 1.54) is 0 Å². The molecule has 2 nitrogen and oxygen atoms in total. The number of carbonyl (C=O) groups is 1. The fourth-order valence-corrected chi connectivity index (χ4v) is 1.09. The molecule has 1 amide bonds. The van der Waals surface area contributed by atoms with Crippen molar-refractivity contribution in [2.75, 3.05) is 5.32 Å². The van der Waals surface area contributed by atoms with Crippen LogP contribution in [0.2, 0.25) is 0 Å². The zero-order valence-corrected chi connectivity index (χ0v) is 10.3. The summed E-state index contributed by atoms with van der Waals surface area (Å²) in [6, 6.07) is 3.76. The van der Waals surface area contributed by atoms with E-state index in [9.17, 15) is 18.0 Å². The second-order valence-electron chi connectivity index (χ2n) is 3.03. The molecule has 0 aliphatic rings. The number of benzene rings is 1. The number of halogens is 6. The standard InChI is InChI=1S/C9H5Cl3F3NO/c10-8(11,12)7(17)16-6-3-1-5(2-4-6)9(13,14)15/h1-4H,(H,16,17). The van der Waals surface area contributed by atoms with E-state index in [1.54, 1.807) is 0 Å². The Morgan fingerprint density at radius 2 is 1.53 bits per heavy atom. The molecule has 0 saturated carbocycles. The number of anilines is 1. The number of amides is 1. The summed E-state index contributed by atoms with van der Waals surface area (Å²) in [6.07, 6.45) is -4.43. The number of carbonyl (C=O) groups excluding carboxylic acids is 1. The van der Waals surface area contributed by atoms with Gasteiger partial charge in [0.1, 0.15) is 0 Å². The van der Waals surface area contributed by atoms with Gasteiger partial charge in [-0.2, -0.15) is 13.2 Å². The van der Waals surface area contributed by atoms with Gasteiger partial charge in [-0.15, -0.1) is 0 Å². The van der Waals surface area contributed by atoms with Crippen LogP contribution in [0.25, 0.3) is 0 Å². The second-order valence-corrected chi connectivity index (χ2v) is 5.31. The summed E-state index contributed by atoms with van der Waals surface area (Å²) in [5, 5.41) is 2.16. The van der Waals surface area contributed by atoms with Crippen LogP contribution in [-0.2, 0) is 11.0 Å². The third kappa shape index (κ3) is 4.26. The van der Waals surface area contributed by atoms with E-state index in [-0.39, 0.29) is 5.69 Å². The Hall–Kier alpha value is -0.650. The van der Waals surface area contributed by atoms with E-state index >= 15 is 0 Å². The predicted octanol–water partition coefficient (Wildman–Crippen LogP) is 4.01. The fourth-order valence-electron chi connectivity index (χ4n) is 0.945. The first-order valence-electron chi connectivity index (χ1n) is 4.16. The summed E-state index contributed by atoms with van der Waals surface area (Å²) in [7, 11) is 0. The molecule has 0 aromatic heterocycles. The molecule has 0 heterocycles. The largest absolute Gasteiger partial charge is 0.416 e. The fraction of sp³-hybridized carbons (Fsp3) is 0.222. The third-order valence-corrected chi connectivity index (χ3v) is 2.24. The van der Waals surface area contributed by atoms with Crippen molar-refractivity contribution < 1.29 is 18.0 Å². The molecule has 0 aliphatic heterocycles. The Balaban J connectivity index is 2.80. The number of nitrogens with one attached hydrogen (secondary N) is 1. The average Bonchev–Trinajstić information content (AvgIpc) is 2.15. The molecule has 17 heavy (non-hydrogen) atoms. The minimum absolute atomic E-state index is 0.106. The maximum atomic E-state index is 12.2. The van der Waals surface area contributed by atoms with Crippen molar-refractivity contribution in [2.24, 2.45) is 0 Å². The third-order valence-electron chi connectivity index (χ3n) is 1.73. The lowest BCUT2D eigenvalue weighted by atomic mass is 10.2. The number of hydrogen-bond donors (Lipinski definition) is 1. The van der Waals surface area contributed by atoms with Gasteiger partial charge in [-0.05, 0) is 24.3 Å². The van der Waals surface area contributed by atoms with Gasteiger partial charge in [0, 0.05) is 5.69 Å². The topological polar surface area (TPSA) is 29.1 Å². The molecular weight excluding hydrogens is 301 g/mol. The molecule has 1 rings (SSSR count). The van der Waals surface area contributed by atoms with Crippen LogP contribution >= 0.6 is 34.8 Å². The van der Waals surface area contributed by atoms with E-state index in [2.05, 4.69) is 5.32 Å². The normalized spacial score (nSPS) is 12.4. The molecule has 0 atom stereocenters. The molecule has 0 aliphatic carbocycles. The van der Waals surface area contributed by atoms with Crippen molar-refractivity contribution in [2.45, 2.75) is 9.97 Å². The molecule has 0 unspecified atom stereocenters. The van der Waals surface area contributed by atoms with Gasteiger partial charge >= 0.3 is 6.18 Å². The number of alkyl halides is 6. The quantitative estimate of drug-likeness (QED) is 0.780. The smallest absolute Gasteiger partial charge is 0.322 e. The molecule has 94 valence electrons. The number of hydrogen-bond acceptors (Lipinski definition) is 1. The lowest BCUT2D eigenvalue weighted by Gasteiger charge is -2.12. The summed E-state index contributed by atoms with van der Waals surface area (Å²) >= 11 is 15.8. The summed E-state index contributed by atoms with van der Waals surface area (Å²) in [5.41, 5.74) is -0.723. The Morgan fingerprint density at radius 3 is 1.88 bits per heavy atom. The zero-order valence-electron chi connectivity index (χ0n) is 7.99. The Bertz CT molecular complexity index is 411. The zero-order chi connectivity index (χ0) is 13.3. The minimum Gasteiger partial charge on any atom is -0.322 e. The van der Waals surface area contributed by atoms with E-state index < -0.39 is 21.4 Å². The molecule has 0 saturated heterocycles. The van der Waals surface area contributed by atoms with Crippen molar-refractivity contribution in [1.82, 2.24) is 0 Å². The van der Waals surface area contributed by atoms with Gasteiger partial charge in [0.25, 0.3) is 9.70 Å². The summed E-state index contributed by atoms with van der Waals surface area (Å²) < 4.78 is 34.5. The van der Waals surface area contributed by atoms with E-state index in [0.29, 0.717) is 0 Å². The minimum atomic E-state index is -4.43. The number of rotatable bonds is 1. The molecule has 1 aromatic rings. The summed E-state index contributed by atoms with van der Waals surface area (Å²) in [4.78, 5) is 11.2. The van der Waals surface area contributed by atoms with Gasteiger partial charge in [0.15, 0.2) is 0 Å². The van der Waals surface area contributed by atoms with Crippen molar-refractivity contribution in [3.63, 3.8) is 0 Å². The highest BCUT2D eigenvalue weighted by atomic mass is 35.6. The van der Waals surface area contributed by atoms with Gasteiger partial charge < -0.3 is 5.32 Å². The Labute approximate surface area is 110 Å². The molecule has 0 fully saturated rings. The monoisotopic (exact) mass is 305 g/mol. The average molecular weight is 306 g/mol. The van der Waals surface area contributed by atoms with Crippen LogP contribution in [0.4, 0.5) is 18.9 Å². The maximum absolute atomic E-state index is 12.2. The van der Waals surface area contributed by atoms with E-state index in [4.69, 9.17) is 34.8 Å². The maximum Gasteiger partial charge on any atom is 0.416 e. The van der Waals surface area contributed by atoms with Crippen molar-refractivity contribution in [3.05, 3.63) is 29.8 Å². The molecule has 8 heteroatoms. The van der Waals surface area contributed by atoms with Crippen LogP contribution < -0.4 is 5.32 Å². The molecule has 0 radical (unpaired) electrons. The van der Waals surface area contributed by atoms with Gasteiger partial charge in [0.2, 0.25) is 0 Å². The van der Waals surface area contributed by atoms with Crippen LogP contribution in [0.3, 0.4) is 0 Å². The van der Waals surface area contributed by atoms with Crippen LogP contribution in [0.1, 0.15) is 5.56 Å². The van der Waals surface area contributed by atoms with Crippen LogP contribution in [-0.4, -0.2) is 9.70 Å².